The Bertz CT molecular complexity index is 708. The maximum Gasteiger partial charge on any atom is 0.289 e. The van der Waals surface area contributed by atoms with Gasteiger partial charge >= 0.3 is 0 Å². The van der Waals surface area contributed by atoms with Crippen molar-refractivity contribution < 1.29 is 18.1 Å². The number of sulfonamides is 1. The van der Waals surface area contributed by atoms with Crippen molar-refractivity contribution in [1.29, 1.82) is 0 Å². The summed E-state index contributed by atoms with van der Waals surface area (Å²) in [6, 6.07) is 2.22. The van der Waals surface area contributed by atoms with Gasteiger partial charge in [-0.1, -0.05) is 23.2 Å². The van der Waals surface area contributed by atoms with Crippen LogP contribution in [0.4, 0.5) is 5.69 Å². The molecule has 1 saturated heterocycles. The fourth-order valence-corrected chi connectivity index (χ4v) is 4.59. The highest BCUT2D eigenvalue weighted by Gasteiger charge is 2.27. The van der Waals surface area contributed by atoms with Gasteiger partial charge in [0.25, 0.3) is 5.69 Å². The first-order valence-electron chi connectivity index (χ1n) is 7.25. The van der Waals surface area contributed by atoms with E-state index < -0.39 is 30.6 Å². The number of benzene rings is 1. The summed E-state index contributed by atoms with van der Waals surface area (Å²) in [6.07, 6.45) is 0.587. The van der Waals surface area contributed by atoms with Gasteiger partial charge in [-0.15, -0.1) is 0 Å². The van der Waals surface area contributed by atoms with Gasteiger partial charge in [0, 0.05) is 25.7 Å². The molecule has 0 aliphatic carbocycles. The zero-order chi connectivity index (χ0) is 17.7. The van der Waals surface area contributed by atoms with Crippen molar-refractivity contribution in [2.24, 2.45) is 0 Å². The number of morpholine rings is 1. The molecule has 1 heterocycles. The van der Waals surface area contributed by atoms with Crippen molar-refractivity contribution in [1.82, 2.24) is 9.62 Å². The van der Waals surface area contributed by atoms with Crippen LogP contribution in [0, 0.1) is 10.1 Å². The molecule has 8 nitrogen and oxygen atoms in total. The van der Waals surface area contributed by atoms with Crippen LogP contribution >= 0.6 is 23.2 Å². The first-order valence-corrected chi connectivity index (χ1v) is 9.49. The number of nitrogens with zero attached hydrogens (tertiary/aromatic N) is 2. The molecule has 0 radical (unpaired) electrons. The number of rotatable bonds is 7. The molecule has 24 heavy (non-hydrogen) atoms. The van der Waals surface area contributed by atoms with Crippen molar-refractivity contribution in [3.05, 3.63) is 32.3 Å². The Hall–Kier alpha value is -0.970. The average Bonchev–Trinajstić information content (AvgIpc) is 2.52. The van der Waals surface area contributed by atoms with Crippen molar-refractivity contribution >= 4 is 38.9 Å². The second-order valence-electron chi connectivity index (χ2n) is 5.17. The third-order valence-corrected chi connectivity index (χ3v) is 6.01. The van der Waals surface area contributed by atoms with Crippen LogP contribution in [-0.4, -0.2) is 57.6 Å². The quantitative estimate of drug-likeness (QED) is 0.428. The van der Waals surface area contributed by atoms with Gasteiger partial charge in [-0.25, -0.2) is 13.1 Å². The lowest BCUT2D eigenvalue weighted by Gasteiger charge is -2.26. The number of hydrogen-bond donors (Lipinski definition) is 1. The van der Waals surface area contributed by atoms with Gasteiger partial charge in [-0.3, -0.25) is 15.0 Å². The lowest BCUT2D eigenvalue weighted by molar-refractivity contribution is -0.384. The summed E-state index contributed by atoms with van der Waals surface area (Å²) in [7, 11) is -4.04. The summed E-state index contributed by atoms with van der Waals surface area (Å²) < 4.78 is 32.4. The zero-order valence-electron chi connectivity index (χ0n) is 12.7. The van der Waals surface area contributed by atoms with Crippen LogP contribution in [0.5, 0.6) is 0 Å². The van der Waals surface area contributed by atoms with E-state index in [1.807, 2.05) is 0 Å². The average molecular weight is 398 g/mol. The molecule has 0 spiro atoms. The molecule has 0 saturated carbocycles. The third-order valence-electron chi connectivity index (χ3n) is 3.54. The van der Waals surface area contributed by atoms with Crippen LogP contribution < -0.4 is 4.72 Å². The molecular weight excluding hydrogens is 381 g/mol. The minimum atomic E-state index is -4.04. The van der Waals surface area contributed by atoms with Gasteiger partial charge in [0.1, 0.15) is 9.92 Å². The fraction of sp³-hybridized carbons (Fsp3) is 0.538. The van der Waals surface area contributed by atoms with Crippen molar-refractivity contribution in [3.8, 4) is 0 Å². The smallest absolute Gasteiger partial charge is 0.289 e. The molecule has 1 N–H and O–H groups in total. The largest absolute Gasteiger partial charge is 0.379 e. The van der Waals surface area contributed by atoms with Crippen molar-refractivity contribution in [3.63, 3.8) is 0 Å². The molecule has 1 aliphatic rings. The first-order chi connectivity index (χ1) is 11.3. The maximum absolute atomic E-state index is 12.4. The maximum atomic E-state index is 12.4. The van der Waals surface area contributed by atoms with E-state index in [0.29, 0.717) is 19.6 Å². The Morgan fingerprint density at radius 1 is 1.29 bits per heavy atom. The molecule has 1 fully saturated rings. The summed E-state index contributed by atoms with van der Waals surface area (Å²) in [5.74, 6) is 0. The summed E-state index contributed by atoms with van der Waals surface area (Å²) in [5.41, 5.74) is -0.505. The fourth-order valence-electron chi connectivity index (χ4n) is 2.32. The van der Waals surface area contributed by atoms with Gasteiger partial charge in [-0.2, -0.15) is 0 Å². The lowest BCUT2D eigenvalue weighted by atomic mass is 10.3. The van der Waals surface area contributed by atoms with Crippen LogP contribution in [0.25, 0.3) is 0 Å². The van der Waals surface area contributed by atoms with Gasteiger partial charge in [0.05, 0.1) is 23.2 Å². The Morgan fingerprint density at radius 2 is 1.96 bits per heavy atom. The molecule has 0 aromatic heterocycles. The standard InChI is InChI=1S/C13H17Cl2N3O5S/c14-10-2-3-11(18(19)20)12(15)13(10)24(21,22)16-4-1-5-17-6-8-23-9-7-17/h2-3,16H,1,4-9H2. The second-order valence-corrected chi connectivity index (χ2v) is 7.66. The predicted octanol–water partition coefficient (Wildman–Crippen LogP) is 1.90. The van der Waals surface area contributed by atoms with Gasteiger partial charge in [0.15, 0.2) is 0 Å². The third kappa shape index (κ3) is 4.78. The Kier molecular flexibility index (Phi) is 6.79. The van der Waals surface area contributed by atoms with Crippen LogP contribution in [-0.2, 0) is 14.8 Å². The molecule has 0 bridgehead atoms. The minimum Gasteiger partial charge on any atom is -0.379 e. The second kappa shape index (κ2) is 8.41. The molecule has 0 atom stereocenters. The van der Waals surface area contributed by atoms with E-state index in [1.54, 1.807) is 0 Å². The zero-order valence-corrected chi connectivity index (χ0v) is 15.0. The van der Waals surface area contributed by atoms with E-state index in [0.717, 1.165) is 31.8 Å². The molecular formula is C13H17Cl2N3O5S. The van der Waals surface area contributed by atoms with Crippen LogP contribution in [0.2, 0.25) is 10.0 Å². The summed E-state index contributed by atoms with van der Waals surface area (Å²) in [4.78, 5) is 11.8. The highest BCUT2D eigenvalue weighted by molar-refractivity contribution is 7.89. The van der Waals surface area contributed by atoms with Crippen molar-refractivity contribution in [2.45, 2.75) is 11.3 Å². The van der Waals surface area contributed by atoms with Crippen LogP contribution in [0.3, 0.4) is 0 Å². The van der Waals surface area contributed by atoms with E-state index in [-0.39, 0.29) is 11.6 Å². The van der Waals surface area contributed by atoms with Gasteiger partial charge < -0.3 is 4.74 Å². The number of ether oxygens (including phenoxy) is 1. The van der Waals surface area contributed by atoms with Crippen molar-refractivity contribution in [2.75, 3.05) is 39.4 Å². The molecule has 2 rings (SSSR count). The first kappa shape index (κ1) is 19.4. The summed E-state index contributed by atoms with van der Waals surface area (Å²) in [5, 5.41) is 10.2. The molecule has 0 unspecified atom stereocenters. The SMILES string of the molecule is O=[N+]([O-])c1ccc(Cl)c(S(=O)(=O)NCCCN2CCOCC2)c1Cl. The number of halogens is 2. The topological polar surface area (TPSA) is 102 Å². The van der Waals surface area contributed by atoms with E-state index in [1.165, 1.54) is 0 Å². The van der Waals surface area contributed by atoms with Crippen LogP contribution in [0.1, 0.15) is 6.42 Å². The summed E-state index contributed by atoms with van der Waals surface area (Å²) >= 11 is 11.7. The highest BCUT2D eigenvalue weighted by Crippen LogP contribution is 2.36. The Morgan fingerprint density at radius 3 is 2.58 bits per heavy atom. The van der Waals surface area contributed by atoms with Gasteiger partial charge in [-0.05, 0) is 19.0 Å². The van der Waals surface area contributed by atoms with E-state index in [9.17, 15) is 18.5 Å². The molecule has 1 aliphatic heterocycles. The number of hydrogen-bond acceptors (Lipinski definition) is 6. The van der Waals surface area contributed by atoms with E-state index in [4.69, 9.17) is 27.9 Å². The number of nitro benzene ring substituents is 1. The number of nitrogens with one attached hydrogen (secondary N) is 1. The summed E-state index contributed by atoms with van der Waals surface area (Å²) in [6.45, 7) is 3.87. The molecule has 11 heteroatoms. The normalized spacial score (nSPS) is 16.2. The highest BCUT2D eigenvalue weighted by atomic mass is 35.5. The minimum absolute atomic E-state index is 0.161. The Labute approximate surface area is 149 Å². The van der Waals surface area contributed by atoms with Gasteiger partial charge in [0.2, 0.25) is 10.0 Å². The lowest BCUT2D eigenvalue weighted by Crippen LogP contribution is -2.38. The molecule has 1 aromatic rings. The van der Waals surface area contributed by atoms with E-state index in [2.05, 4.69) is 9.62 Å². The Balaban J connectivity index is 2.02. The number of nitro groups is 1. The van der Waals surface area contributed by atoms with E-state index >= 15 is 0 Å². The molecule has 1 aromatic carbocycles. The monoisotopic (exact) mass is 397 g/mol. The predicted molar refractivity (Wildman–Crippen MR) is 90.2 cm³/mol. The van der Waals surface area contributed by atoms with Crippen LogP contribution in [0.15, 0.2) is 17.0 Å². The molecule has 134 valence electrons. The molecule has 0 amide bonds.